The molecule has 0 aliphatic carbocycles. The van der Waals surface area contributed by atoms with E-state index >= 15 is 0 Å². The Morgan fingerprint density at radius 3 is 2.56 bits per heavy atom. The number of ether oxygens (including phenoxy) is 1. The lowest BCUT2D eigenvalue weighted by molar-refractivity contribution is -0.146. The van der Waals surface area contributed by atoms with Gasteiger partial charge in [0.25, 0.3) is 5.56 Å². The number of esters is 1. The van der Waals surface area contributed by atoms with Gasteiger partial charge in [-0.3, -0.25) is 9.59 Å². The molecule has 1 amide bonds. The number of rotatable bonds is 6. The summed E-state index contributed by atoms with van der Waals surface area (Å²) in [5, 5.41) is 10.8. The lowest BCUT2D eigenvalue weighted by Crippen LogP contribution is -2.46. The van der Waals surface area contributed by atoms with E-state index in [1.807, 2.05) is 13.8 Å². The molecule has 1 aromatic carbocycles. The number of methoxy groups -OCH3 is 1. The Morgan fingerprint density at radius 1 is 1.24 bits per heavy atom. The fourth-order valence-corrected chi connectivity index (χ4v) is 2.49. The molecule has 8 nitrogen and oxygen atoms in total. The number of fused-ring (bicyclic) bond motifs is 1. The van der Waals surface area contributed by atoms with Gasteiger partial charge in [-0.1, -0.05) is 31.2 Å². The molecule has 25 heavy (non-hydrogen) atoms. The van der Waals surface area contributed by atoms with Gasteiger partial charge in [0.1, 0.15) is 17.6 Å². The molecule has 0 saturated heterocycles. The Labute approximate surface area is 145 Å². The minimum absolute atomic E-state index is 0.183. The molecule has 8 heteroatoms. The zero-order valence-electron chi connectivity index (χ0n) is 14.7. The number of amides is 1. The SMILES string of the molecule is COC(=O)[C@@H](CC(C)C)NC(=O)[C@H](C)n1nnc2ccccc2c1=O. The van der Waals surface area contributed by atoms with Crippen LogP contribution in [0.4, 0.5) is 0 Å². The maximum absolute atomic E-state index is 12.5. The number of hydrogen-bond donors (Lipinski definition) is 1. The van der Waals surface area contributed by atoms with Crippen molar-refractivity contribution in [3.05, 3.63) is 34.6 Å². The van der Waals surface area contributed by atoms with Gasteiger partial charge in [-0.25, -0.2) is 4.79 Å². The lowest BCUT2D eigenvalue weighted by Gasteiger charge is -2.21. The van der Waals surface area contributed by atoms with E-state index in [9.17, 15) is 14.4 Å². The van der Waals surface area contributed by atoms with Gasteiger partial charge in [-0.15, -0.1) is 5.10 Å². The zero-order valence-corrected chi connectivity index (χ0v) is 14.7. The smallest absolute Gasteiger partial charge is 0.328 e. The fraction of sp³-hybridized carbons (Fsp3) is 0.471. The maximum atomic E-state index is 12.5. The lowest BCUT2D eigenvalue weighted by atomic mass is 10.0. The van der Waals surface area contributed by atoms with Crippen LogP contribution in [-0.2, 0) is 14.3 Å². The molecule has 2 atom stereocenters. The van der Waals surface area contributed by atoms with E-state index in [-0.39, 0.29) is 5.92 Å². The van der Waals surface area contributed by atoms with Crippen molar-refractivity contribution in [3.8, 4) is 0 Å². The monoisotopic (exact) mass is 346 g/mol. The van der Waals surface area contributed by atoms with Crippen molar-refractivity contribution in [2.45, 2.75) is 39.3 Å². The second-order valence-corrected chi connectivity index (χ2v) is 6.25. The molecule has 2 rings (SSSR count). The molecule has 0 aliphatic rings. The summed E-state index contributed by atoms with van der Waals surface area (Å²) < 4.78 is 5.75. The average molecular weight is 346 g/mol. The van der Waals surface area contributed by atoms with Crippen LogP contribution in [0.3, 0.4) is 0 Å². The summed E-state index contributed by atoms with van der Waals surface area (Å²) in [7, 11) is 1.27. The first-order valence-corrected chi connectivity index (χ1v) is 8.07. The van der Waals surface area contributed by atoms with Gasteiger partial charge < -0.3 is 10.1 Å². The normalized spacial score (nSPS) is 13.5. The molecule has 0 bridgehead atoms. The van der Waals surface area contributed by atoms with E-state index in [0.717, 1.165) is 4.68 Å². The van der Waals surface area contributed by atoms with Crippen molar-refractivity contribution in [1.29, 1.82) is 0 Å². The molecule has 0 fully saturated rings. The van der Waals surface area contributed by atoms with Crippen LogP contribution < -0.4 is 10.9 Å². The van der Waals surface area contributed by atoms with Crippen molar-refractivity contribution in [3.63, 3.8) is 0 Å². The van der Waals surface area contributed by atoms with Gasteiger partial charge in [0, 0.05) is 0 Å². The highest BCUT2D eigenvalue weighted by Crippen LogP contribution is 2.10. The van der Waals surface area contributed by atoms with E-state index in [0.29, 0.717) is 17.3 Å². The molecule has 134 valence electrons. The van der Waals surface area contributed by atoms with E-state index < -0.39 is 29.5 Å². The number of nitrogens with zero attached hydrogens (tertiary/aromatic N) is 3. The minimum atomic E-state index is -0.913. The molecule has 1 heterocycles. The molecular weight excluding hydrogens is 324 g/mol. The highest BCUT2D eigenvalue weighted by molar-refractivity contribution is 5.86. The van der Waals surface area contributed by atoms with Gasteiger partial charge in [0.05, 0.1) is 12.5 Å². The molecule has 0 unspecified atom stereocenters. The Kier molecular flexibility index (Phi) is 5.84. The summed E-state index contributed by atoms with van der Waals surface area (Å²) in [5.74, 6) is -0.836. The molecule has 0 aliphatic heterocycles. The standard InChI is InChI=1S/C17H22N4O4/c1-10(2)9-14(17(24)25-4)18-15(22)11(3)21-16(23)12-7-5-6-8-13(12)19-20-21/h5-8,10-11,14H,9H2,1-4H3,(H,18,22)/t11-,14+/m0/s1. The molecule has 0 saturated carbocycles. The predicted molar refractivity (Wildman–Crippen MR) is 91.9 cm³/mol. The van der Waals surface area contributed by atoms with Crippen molar-refractivity contribution in [2.75, 3.05) is 7.11 Å². The Morgan fingerprint density at radius 2 is 1.92 bits per heavy atom. The van der Waals surface area contributed by atoms with Crippen LogP contribution >= 0.6 is 0 Å². The quantitative estimate of drug-likeness (QED) is 0.785. The number of hydrogen-bond acceptors (Lipinski definition) is 6. The minimum Gasteiger partial charge on any atom is -0.467 e. The number of nitrogens with one attached hydrogen (secondary N) is 1. The Hall–Kier alpha value is -2.77. The van der Waals surface area contributed by atoms with Crippen LogP contribution in [0, 0.1) is 5.92 Å². The van der Waals surface area contributed by atoms with Gasteiger partial charge in [0.2, 0.25) is 5.91 Å². The van der Waals surface area contributed by atoms with E-state index in [4.69, 9.17) is 4.74 Å². The highest BCUT2D eigenvalue weighted by atomic mass is 16.5. The van der Waals surface area contributed by atoms with Gasteiger partial charge in [-0.05, 0) is 31.4 Å². The number of benzene rings is 1. The molecule has 1 N–H and O–H groups in total. The second kappa shape index (κ2) is 7.87. The first-order chi connectivity index (χ1) is 11.8. The van der Waals surface area contributed by atoms with Crippen LogP contribution in [0.15, 0.2) is 29.1 Å². The van der Waals surface area contributed by atoms with Crippen LogP contribution in [0.1, 0.15) is 33.2 Å². The predicted octanol–water partition coefficient (Wildman–Crippen LogP) is 1.06. The summed E-state index contributed by atoms with van der Waals surface area (Å²) >= 11 is 0. The first-order valence-electron chi connectivity index (χ1n) is 8.07. The van der Waals surface area contributed by atoms with E-state index in [1.54, 1.807) is 24.3 Å². The topological polar surface area (TPSA) is 103 Å². The van der Waals surface area contributed by atoms with Crippen molar-refractivity contribution in [2.24, 2.45) is 5.92 Å². The number of carbonyl (C=O) groups excluding carboxylic acids is 2. The van der Waals surface area contributed by atoms with Crippen molar-refractivity contribution in [1.82, 2.24) is 20.3 Å². The Bertz CT molecular complexity index is 831. The third-order valence-electron chi connectivity index (χ3n) is 3.85. The fourth-order valence-electron chi connectivity index (χ4n) is 2.49. The molecular formula is C17H22N4O4. The van der Waals surface area contributed by atoms with Gasteiger partial charge >= 0.3 is 5.97 Å². The number of carbonyl (C=O) groups is 2. The van der Waals surface area contributed by atoms with Crippen molar-refractivity contribution >= 4 is 22.8 Å². The van der Waals surface area contributed by atoms with Crippen molar-refractivity contribution < 1.29 is 14.3 Å². The van der Waals surface area contributed by atoms with Gasteiger partial charge in [0.15, 0.2) is 0 Å². The summed E-state index contributed by atoms with van der Waals surface area (Å²) in [5.41, 5.74) is 0.0512. The summed E-state index contributed by atoms with van der Waals surface area (Å²) in [4.78, 5) is 36.9. The van der Waals surface area contributed by atoms with Gasteiger partial charge in [-0.2, -0.15) is 4.68 Å². The summed E-state index contributed by atoms with van der Waals surface area (Å²) in [6.07, 6.45) is 0.434. The van der Waals surface area contributed by atoms with Crippen LogP contribution in [-0.4, -0.2) is 40.0 Å². The third-order valence-corrected chi connectivity index (χ3v) is 3.85. The molecule has 0 spiro atoms. The largest absolute Gasteiger partial charge is 0.467 e. The zero-order chi connectivity index (χ0) is 18.6. The van der Waals surface area contributed by atoms with Crippen LogP contribution in [0.5, 0.6) is 0 Å². The summed E-state index contributed by atoms with van der Waals surface area (Å²) in [6.45, 7) is 5.40. The average Bonchev–Trinajstić information content (AvgIpc) is 2.60. The van der Waals surface area contributed by atoms with E-state index in [1.165, 1.54) is 14.0 Å². The molecule has 0 radical (unpaired) electrons. The molecule has 1 aromatic heterocycles. The summed E-state index contributed by atoms with van der Waals surface area (Å²) in [6, 6.07) is 5.09. The number of aromatic nitrogens is 3. The molecule has 2 aromatic rings. The second-order valence-electron chi connectivity index (χ2n) is 6.25. The Balaban J connectivity index is 2.25. The first kappa shape index (κ1) is 18.6. The van der Waals surface area contributed by atoms with Crippen LogP contribution in [0.2, 0.25) is 0 Å². The maximum Gasteiger partial charge on any atom is 0.328 e. The highest BCUT2D eigenvalue weighted by Gasteiger charge is 2.27. The third kappa shape index (κ3) is 4.20. The van der Waals surface area contributed by atoms with E-state index in [2.05, 4.69) is 15.6 Å². The van der Waals surface area contributed by atoms with Crippen LogP contribution in [0.25, 0.3) is 10.9 Å².